The Labute approximate surface area is 173 Å². The number of aromatic nitrogens is 2. The molecule has 0 radical (unpaired) electrons. The number of carbonyl (C=O) groups is 1. The molecule has 0 fully saturated rings. The van der Waals surface area contributed by atoms with Crippen LogP contribution in [-0.2, 0) is 6.18 Å². The highest BCUT2D eigenvalue weighted by molar-refractivity contribution is 6.13. The van der Waals surface area contributed by atoms with Crippen molar-refractivity contribution in [1.82, 2.24) is 9.97 Å². The number of rotatable bonds is 4. The van der Waals surface area contributed by atoms with E-state index >= 15 is 0 Å². The Bertz CT molecular complexity index is 1260. The zero-order valence-corrected chi connectivity index (χ0v) is 15.7. The van der Waals surface area contributed by atoms with Crippen LogP contribution in [0.15, 0.2) is 73.2 Å². The molecule has 0 unspecified atom stereocenters. The molecule has 0 bridgehead atoms. The van der Waals surface area contributed by atoms with Gasteiger partial charge in [-0.1, -0.05) is 12.1 Å². The van der Waals surface area contributed by atoms with Gasteiger partial charge in [0, 0.05) is 23.5 Å². The maximum Gasteiger partial charge on any atom is 0.419 e. The fourth-order valence-electron chi connectivity index (χ4n) is 3.00. The molecule has 1 N–H and O–H groups in total. The third-order valence-electron chi connectivity index (χ3n) is 4.40. The lowest BCUT2D eigenvalue weighted by Gasteiger charge is -2.12. The van der Waals surface area contributed by atoms with E-state index in [0.29, 0.717) is 34.5 Å². The number of hydrogen-bond donors (Lipinski definition) is 1. The second kappa shape index (κ2) is 8.02. The van der Waals surface area contributed by atoms with Gasteiger partial charge in [-0.15, -0.1) is 0 Å². The zero-order chi connectivity index (χ0) is 22.0. The molecule has 156 valence electrons. The monoisotopic (exact) mass is 427 g/mol. The Morgan fingerprint density at radius 1 is 1.00 bits per heavy atom. The smallest absolute Gasteiger partial charge is 0.419 e. The molecule has 31 heavy (non-hydrogen) atoms. The molecule has 0 atom stereocenters. The first kappa shape index (κ1) is 20.3. The van der Waals surface area contributed by atoms with Crippen LogP contribution in [0.25, 0.3) is 10.8 Å². The molecule has 5 nitrogen and oxygen atoms in total. The third-order valence-corrected chi connectivity index (χ3v) is 4.40. The Morgan fingerprint density at radius 3 is 2.58 bits per heavy atom. The van der Waals surface area contributed by atoms with Gasteiger partial charge in [-0.3, -0.25) is 4.79 Å². The minimum atomic E-state index is -4.87. The Hall–Kier alpha value is -4.01. The molecule has 4 aromatic rings. The predicted octanol–water partition coefficient (Wildman–Crippen LogP) is 5.83. The minimum absolute atomic E-state index is 0.167. The summed E-state index contributed by atoms with van der Waals surface area (Å²) in [5.41, 5.74) is -1.38. The molecule has 0 saturated heterocycles. The second-order valence-electron chi connectivity index (χ2n) is 6.48. The number of carbonyl (C=O) groups excluding carboxylic acids is 1. The van der Waals surface area contributed by atoms with E-state index in [1.807, 2.05) is 0 Å². The largest absolute Gasteiger partial charge is 0.439 e. The van der Waals surface area contributed by atoms with Gasteiger partial charge in [-0.2, -0.15) is 13.2 Å². The summed E-state index contributed by atoms with van der Waals surface area (Å²) in [6, 6.07) is 13.8. The van der Waals surface area contributed by atoms with E-state index in [9.17, 15) is 22.4 Å². The molecule has 0 aliphatic carbocycles. The van der Waals surface area contributed by atoms with Gasteiger partial charge in [0.25, 0.3) is 5.91 Å². The molecule has 3 aromatic carbocycles. The number of fused-ring (bicyclic) bond motifs is 1. The predicted molar refractivity (Wildman–Crippen MR) is 105 cm³/mol. The van der Waals surface area contributed by atoms with Crippen LogP contribution in [-0.4, -0.2) is 15.9 Å². The molecule has 0 saturated carbocycles. The van der Waals surface area contributed by atoms with E-state index in [-0.39, 0.29) is 11.3 Å². The molecule has 9 heteroatoms. The highest BCUT2D eigenvalue weighted by atomic mass is 19.4. The number of benzene rings is 3. The Morgan fingerprint density at radius 2 is 1.84 bits per heavy atom. The van der Waals surface area contributed by atoms with Crippen molar-refractivity contribution >= 4 is 22.4 Å². The van der Waals surface area contributed by atoms with E-state index in [1.165, 1.54) is 18.6 Å². The zero-order valence-electron chi connectivity index (χ0n) is 15.7. The first-order chi connectivity index (χ1) is 14.8. The van der Waals surface area contributed by atoms with Crippen LogP contribution >= 0.6 is 0 Å². The van der Waals surface area contributed by atoms with Gasteiger partial charge in [0.15, 0.2) is 0 Å². The molecule has 1 amide bonds. The standard InChI is InChI=1S/C22H13F4N3O2/c23-19-7-4-14(11-18(19)22(24,25)26)29-21(30)17-3-1-2-13-10-15(5-6-16(13)17)31-20-8-9-27-12-28-20/h1-12H,(H,29,30). The Kier molecular flexibility index (Phi) is 5.24. The van der Waals surface area contributed by atoms with Crippen molar-refractivity contribution < 1.29 is 27.1 Å². The Balaban J connectivity index is 1.61. The topological polar surface area (TPSA) is 64.1 Å². The summed E-state index contributed by atoms with van der Waals surface area (Å²) in [5, 5.41) is 3.63. The number of amides is 1. The summed E-state index contributed by atoms with van der Waals surface area (Å²) in [7, 11) is 0. The summed E-state index contributed by atoms with van der Waals surface area (Å²) < 4.78 is 57.9. The van der Waals surface area contributed by atoms with E-state index in [1.54, 1.807) is 36.4 Å². The van der Waals surface area contributed by atoms with Crippen LogP contribution in [0, 0.1) is 5.82 Å². The summed E-state index contributed by atoms with van der Waals surface area (Å²) in [4.78, 5) is 20.5. The van der Waals surface area contributed by atoms with Crippen molar-refractivity contribution in [2.45, 2.75) is 6.18 Å². The first-order valence-corrected chi connectivity index (χ1v) is 8.96. The van der Waals surface area contributed by atoms with Crippen LogP contribution in [0.2, 0.25) is 0 Å². The molecule has 0 aliphatic rings. The van der Waals surface area contributed by atoms with Crippen LogP contribution in [0.1, 0.15) is 15.9 Å². The van der Waals surface area contributed by atoms with Crippen molar-refractivity contribution in [2.75, 3.05) is 5.32 Å². The highest BCUT2D eigenvalue weighted by Gasteiger charge is 2.34. The van der Waals surface area contributed by atoms with Gasteiger partial charge in [0.1, 0.15) is 17.9 Å². The van der Waals surface area contributed by atoms with Crippen LogP contribution < -0.4 is 10.1 Å². The number of hydrogen-bond acceptors (Lipinski definition) is 4. The molecular formula is C22H13F4N3O2. The van der Waals surface area contributed by atoms with Crippen molar-refractivity contribution in [1.29, 1.82) is 0 Å². The van der Waals surface area contributed by atoms with E-state index in [2.05, 4.69) is 15.3 Å². The quantitative estimate of drug-likeness (QED) is 0.416. The molecular weight excluding hydrogens is 414 g/mol. The van der Waals surface area contributed by atoms with Crippen molar-refractivity contribution in [3.8, 4) is 11.6 Å². The van der Waals surface area contributed by atoms with Gasteiger partial charge in [0.05, 0.1) is 5.56 Å². The van der Waals surface area contributed by atoms with Crippen LogP contribution in [0.3, 0.4) is 0 Å². The van der Waals surface area contributed by atoms with Gasteiger partial charge < -0.3 is 10.1 Å². The van der Waals surface area contributed by atoms with Gasteiger partial charge >= 0.3 is 6.18 Å². The van der Waals surface area contributed by atoms with Crippen LogP contribution in [0.4, 0.5) is 23.2 Å². The van der Waals surface area contributed by atoms with Crippen molar-refractivity contribution in [3.05, 3.63) is 90.1 Å². The van der Waals surface area contributed by atoms with E-state index < -0.39 is 23.5 Å². The van der Waals surface area contributed by atoms with Crippen LogP contribution in [0.5, 0.6) is 11.6 Å². The lowest BCUT2D eigenvalue weighted by molar-refractivity contribution is -0.139. The maximum absolute atomic E-state index is 13.5. The van der Waals surface area contributed by atoms with Crippen molar-refractivity contribution in [2.24, 2.45) is 0 Å². The fraction of sp³-hybridized carbons (Fsp3) is 0.0455. The second-order valence-corrected chi connectivity index (χ2v) is 6.48. The fourth-order valence-corrected chi connectivity index (χ4v) is 3.00. The lowest BCUT2D eigenvalue weighted by atomic mass is 10.0. The normalized spacial score (nSPS) is 11.4. The number of alkyl halides is 3. The molecule has 4 rings (SSSR count). The molecule has 0 aliphatic heterocycles. The lowest BCUT2D eigenvalue weighted by Crippen LogP contribution is -2.14. The van der Waals surface area contributed by atoms with Crippen molar-refractivity contribution in [3.63, 3.8) is 0 Å². The van der Waals surface area contributed by atoms with Gasteiger partial charge in [-0.25, -0.2) is 14.4 Å². The maximum atomic E-state index is 13.5. The molecule has 1 aromatic heterocycles. The number of halogens is 4. The molecule has 1 heterocycles. The number of anilines is 1. The summed E-state index contributed by atoms with van der Waals surface area (Å²) in [6.45, 7) is 0. The van der Waals surface area contributed by atoms with Gasteiger partial charge in [0.2, 0.25) is 5.88 Å². The number of nitrogens with one attached hydrogen (secondary N) is 1. The van der Waals surface area contributed by atoms with E-state index in [0.717, 1.165) is 6.07 Å². The summed E-state index contributed by atoms with van der Waals surface area (Å²) in [6.07, 6.45) is -1.99. The average Bonchev–Trinajstić information content (AvgIpc) is 2.74. The SMILES string of the molecule is O=C(Nc1ccc(F)c(C(F)(F)F)c1)c1cccc2cc(Oc3ccncn3)ccc12. The summed E-state index contributed by atoms with van der Waals surface area (Å²) >= 11 is 0. The first-order valence-electron chi connectivity index (χ1n) is 8.96. The molecule has 0 spiro atoms. The van der Waals surface area contributed by atoms with Gasteiger partial charge in [-0.05, 0) is 53.2 Å². The van der Waals surface area contributed by atoms with E-state index in [4.69, 9.17) is 4.74 Å². The minimum Gasteiger partial charge on any atom is -0.439 e. The third kappa shape index (κ3) is 4.45. The number of nitrogens with zero attached hydrogens (tertiary/aromatic N) is 2. The highest BCUT2D eigenvalue weighted by Crippen LogP contribution is 2.33. The number of ether oxygens (including phenoxy) is 1. The average molecular weight is 427 g/mol. The summed E-state index contributed by atoms with van der Waals surface area (Å²) in [5.74, 6) is -1.21.